The van der Waals surface area contributed by atoms with Gasteiger partial charge < -0.3 is 5.32 Å². The molecule has 1 saturated carbocycles. The number of thiazole rings is 1. The van der Waals surface area contributed by atoms with E-state index >= 15 is 0 Å². The highest BCUT2D eigenvalue weighted by molar-refractivity contribution is 7.15. The van der Waals surface area contributed by atoms with Gasteiger partial charge in [-0.25, -0.2) is 4.98 Å². The van der Waals surface area contributed by atoms with E-state index in [1.807, 2.05) is 13.0 Å². The maximum absolute atomic E-state index is 4.83. The molecule has 3 rings (SSSR count). The second-order valence-electron chi connectivity index (χ2n) is 5.46. The average Bonchev–Trinajstić information content (AvgIpc) is 3.18. The molecule has 0 atom stereocenters. The highest BCUT2D eigenvalue weighted by atomic mass is 32.1. The summed E-state index contributed by atoms with van der Waals surface area (Å²) in [5.74, 6) is 0. The quantitative estimate of drug-likeness (QED) is 0.880. The molecule has 1 aliphatic carbocycles. The monoisotopic (exact) mass is 287 g/mol. The van der Waals surface area contributed by atoms with E-state index in [1.165, 1.54) is 23.4 Å². The molecule has 0 bridgehead atoms. The summed E-state index contributed by atoms with van der Waals surface area (Å²) in [6.07, 6.45) is 4.85. The molecule has 2 heterocycles. The van der Waals surface area contributed by atoms with Gasteiger partial charge in [-0.3, -0.25) is 4.98 Å². The van der Waals surface area contributed by atoms with Crippen LogP contribution in [0.5, 0.6) is 0 Å². The van der Waals surface area contributed by atoms with Gasteiger partial charge in [0.1, 0.15) is 5.01 Å². The second kappa shape index (κ2) is 6.02. The number of aryl methyl sites for hydroxylation is 2. The summed E-state index contributed by atoms with van der Waals surface area (Å²) in [5.41, 5.74) is 3.31. The second-order valence-corrected chi connectivity index (χ2v) is 6.54. The van der Waals surface area contributed by atoms with Gasteiger partial charge in [0.05, 0.1) is 11.4 Å². The molecular weight excluding hydrogens is 266 g/mol. The molecule has 0 saturated heterocycles. The highest BCUT2D eigenvalue weighted by Crippen LogP contribution is 2.29. The number of nitrogens with zero attached hydrogens (tertiary/aromatic N) is 2. The number of rotatable bonds is 6. The van der Waals surface area contributed by atoms with Crippen molar-refractivity contribution in [2.45, 2.75) is 52.1 Å². The minimum atomic E-state index is 0.743. The van der Waals surface area contributed by atoms with Crippen molar-refractivity contribution in [2.24, 2.45) is 0 Å². The van der Waals surface area contributed by atoms with E-state index in [-0.39, 0.29) is 0 Å². The van der Waals surface area contributed by atoms with Crippen LogP contribution in [0.4, 0.5) is 0 Å². The van der Waals surface area contributed by atoms with Crippen molar-refractivity contribution in [3.8, 4) is 10.7 Å². The highest BCUT2D eigenvalue weighted by Gasteiger charge is 2.21. The summed E-state index contributed by atoms with van der Waals surface area (Å²) in [6, 6.07) is 6.88. The van der Waals surface area contributed by atoms with Crippen molar-refractivity contribution in [1.29, 1.82) is 0 Å². The van der Waals surface area contributed by atoms with Crippen molar-refractivity contribution in [2.75, 3.05) is 0 Å². The first-order valence-corrected chi connectivity index (χ1v) is 8.24. The molecule has 1 fully saturated rings. The third-order valence-corrected chi connectivity index (χ3v) is 4.62. The lowest BCUT2D eigenvalue weighted by Crippen LogP contribution is -2.15. The SMILES string of the molecule is CCCc1nc(-c2cccc(C)n2)sc1CNC1CC1. The first-order valence-electron chi connectivity index (χ1n) is 7.42. The first-order chi connectivity index (χ1) is 9.76. The van der Waals surface area contributed by atoms with Gasteiger partial charge in [0, 0.05) is 23.2 Å². The third-order valence-electron chi connectivity index (χ3n) is 3.50. The van der Waals surface area contributed by atoms with E-state index in [9.17, 15) is 0 Å². The van der Waals surface area contributed by atoms with Gasteiger partial charge in [-0.1, -0.05) is 19.4 Å². The summed E-state index contributed by atoms with van der Waals surface area (Å²) in [6.45, 7) is 5.20. The molecule has 3 nitrogen and oxygen atoms in total. The molecule has 0 amide bonds. The molecule has 4 heteroatoms. The Kier molecular flexibility index (Phi) is 4.13. The molecule has 106 valence electrons. The van der Waals surface area contributed by atoms with Crippen LogP contribution in [0.3, 0.4) is 0 Å². The summed E-state index contributed by atoms with van der Waals surface area (Å²) in [7, 11) is 0. The summed E-state index contributed by atoms with van der Waals surface area (Å²) < 4.78 is 0. The molecule has 0 unspecified atom stereocenters. The number of nitrogens with one attached hydrogen (secondary N) is 1. The fraction of sp³-hybridized carbons (Fsp3) is 0.500. The van der Waals surface area contributed by atoms with Gasteiger partial charge in [-0.15, -0.1) is 11.3 Å². The van der Waals surface area contributed by atoms with Crippen molar-refractivity contribution >= 4 is 11.3 Å². The lowest BCUT2D eigenvalue weighted by atomic mass is 10.2. The summed E-state index contributed by atoms with van der Waals surface area (Å²) >= 11 is 1.79. The van der Waals surface area contributed by atoms with E-state index in [4.69, 9.17) is 4.98 Å². The standard InChI is InChI=1S/C16H21N3S/c1-3-5-13-15(10-17-12-8-9-12)20-16(19-13)14-7-4-6-11(2)18-14/h4,6-7,12,17H,3,5,8-10H2,1-2H3. The van der Waals surface area contributed by atoms with E-state index in [1.54, 1.807) is 11.3 Å². The van der Waals surface area contributed by atoms with E-state index < -0.39 is 0 Å². The lowest BCUT2D eigenvalue weighted by molar-refractivity contribution is 0.686. The van der Waals surface area contributed by atoms with Crippen LogP contribution in [0.25, 0.3) is 10.7 Å². The van der Waals surface area contributed by atoms with E-state index in [2.05, 4.69) is 29.4 Å². The first kappa shape index (κ1) is 13.7. The van der Waals surface area contributed by atoms with Crippen molar-refractivity contribution in [1.82, 2.24) is 15.3 Å². The number of aromatic nitrogens is 2. The van der Waals surface area contributed by atoms with Crippen LogP contribution >= 0.6 is 11.3 Å². The van der Waals surface area contributed by atoms with Crippen LogP contribution in [-0.4, -0.2) is 16.0 Å². The predicted molar refractivity (Wildman–Crippen MR) is 83.9 cm³/mol. The molecule has 0 aromatic carbocycles. The van der Waals surface area contributed by atoms with Crippen LogP contribution in [-0.2, 0) is 13.0 Å². The number of pyridine rings is 1. The number of hydrogen-bond donors (Lipinski definition) is 1. The lowest BCUT2D eigenvalue weighted by Gasteiger charge is -2.01. The Hall–Kier alpha value is -1.26. The van der Waals surface area contributed by atoms with Crippen LogP contribution in [0.1, 0.15) is 42.5 Å². The zero-order chi connectivity index (χ0) is 13.9. The Morgan fingerprint density at radius 2 is 2.15 bits per heavy atom. The fourth-order valence-corrected chi connectivity index (χ4v) is 3.28. The average molecular weight is 287 g/mol. The van der Waals surface area contributed by atoms with Gasteiger partial charge in [0.15, 0.2) is 0 Å². The molecule has 0 aliphatic heterocycles. The normalized spacial score (nSPS) is 14.7. The fourth-order valence-electron chi connectivity index (χ4n) is 2.25. The Bertz CT molecular complexity index is 587. The van der Waals surface area contributed by atoms with Crippen LogP contribution in [0.2, 0.25) is 0 Å². The van der Waals surface area contributed by atoms with Crippen LogP contribution in [0, 0.1) is 6.92 Å². The Balaban J connectivity index is 1.84. The smallest absolute Gasteiger partial charge is 0.142 e. The van der Waals surface area contributed by atoms with E-state index in [0.717, 1.165) is 41.8 Å². The maximum Gasteiger partial charge on any atom is 0.142 e. The molecule has 1 N–H and O–H groups in total. The molecule has 1 aliphatic rings. The zero-order valence-electron chi connectivity index (χ0n) is 12.1. The minimum Gasteiger partial charge on any atom is -0.309 e. The largest absolute Gasteiger partial charge is 0.309 e. The van der Waals surface area contributed by atoms with E-state index in [0.29, 0.717) is 0 Å². The molecule has 2 aromatic rings. The Morgan fingerprint density at radius 3 is 2.85 bits per heavy atom. The molecule has 0 spiro atoms. The molecular formula is C16H21N3S. The van der Waals surface area contributed by atoms with Crippen molar-refractivity contribution < 1.29 is 0 Å². The topological polar surface area (TPSA) is 37.8 Å². The maximum atomic E-state index is 4.83. The number of hydrogen-bond acceptors (Lipinski definition) is 4. The molecule has 2 aromatic heterocycles. The van der Waals surface area contributed by atoms with Gasteiger partial charge in [-0.2, -0.15) is 0 Å². The Morgan fingerprint density at radius 1 is 1.30 bits per heavy atom. The van der Waals surface area contributed by atoms with Crippen LogP contribution < -0.4 is 5.32 Å². The summed E-state index contributed by atoms with van der Waals surface area (Å²) in [4.78, 5) is 10.8. The van der Waals surface area contributed by atoms with Crippen molar-refractivity contribution in [3.05, 3.63) is 34.5 Å². The predicted octanol–water partition coefficient (Wildman–Crippen LogP) is 3.72. The molecule has 0 radical (unpaired) electrons. The van der Waals surface area contributed by atoms with Gasteiger partial charge >= 0.3 is 0 Å². The van der Waals surface area contributed by atoms with Gasteiger partial charge in [-0.05, 0) is 38.3 Å². The summed E-state index contributed by atoms with van der Waals surface area (Å²) in [5, 5.41) is 4.66. The van der Waals surface area contributed by atoms with Gasteiger partial charge in [0.2, 0.25) is 0 Å². The van der Waals surface area contributed by atoms with Gasteiger partial charge in [0.25, 0.3) is 0 Å². The third kappa shape index (κ3) is 3.25. The Labute approximate surface area is 124 Å². The minimum absolute atomic E-state index is 0.743. The molecule has 20 heavy (non-hydrogen) atoms. The van der Waals surface area contributed by atoms with Crippen LogP contribution in [0.15, 0.2) is 18.2 Å². The zero-order valence-corrected chi connectivity index (χ0v) is 13.0. The van der Waals surface area contributed by atoms with Crippen molar-refractivity contribution in [3.63, 3.8) is 0 Å².